The molecule has 8 heteroatoms. The van der Waals surface area contributed by atoms with Crippen LogP contribution in [0.3, 0.4) is 0 Å². The third kappa shape index (κ3) is 6.86. The molecule has 0 saturated carbocycles. The van der Waals surface area contributed by atoms with Gasteiger partial charge in [0.25, 0.3) is 5.91 Å². The lowest BCUT2D eigenvalue weighted by Gasteiger charge is -2.07. The monoisotopic (exact) mass is 328 g/mol. The minimum Gasteiger partial charge on any atom is -0.469 e. The summed E-state index contributed by atoms with van der Waals surface area (Å²) >= 11 is 0. The fraction of sp³-hybridized carbons (Fsp3) is 0.400. The van der Waals surface area contributed by atoms with E-state index in [4.69, 9.17) is 0 Å². The van der Waals surface area contributed by atoms with Gasteiger partial charge in [-0.1, -0.05) is 0 Å². The number of nitrogens with one attached hydrogen (secondary N) is 2. The van der Waals surface area contributed by atoms with Crippen LogP contribution >= 0.6 is 0 Å². The highest BCUT2D eigenvalue weighted by molar-refractivity contribution is 5.94. The molecule has 0 radical (unpaired) electrons. The van der Waals surface area contributed by atoms with Gasteiger partial charge in [-0.2, -0.15) is 0 Å². The van der Waals surface area contributed by atoms with Crippen molar-refractivity contribution in [3.05, 3.63) is 35.4 Å². The van der Waals surface area contributed by atoms with Gasteiger partial charge < -0.3 is 15.4 Å². The SMILES string of the molecule is COC(=O)CCCNC(=O)CCNC(=O)c1ccc(F)cc1F. The summed E-state index contributed by atoms with van der Waals surface area (Å²) in [6, 6.07) is 2.63. The molecule has 0 aliphatic heterocycles. The number of hydrogen-bond acceptors (Lipinski definition) is 4. The van der Waals surface area contributed by atoms with E-state index in [1.807, 2.05) is 0 Å². The fourth-order valence-corrected chi connectivity index (χ4v) is 1.71. The van der Waals surface area contributed by atoms with Crippen molar-refractivity contribution in [2.45, 2.75) is 19.3 Å². The lowest BCUT2D eigenvalue weighted by molar-refractivity contribution is -0.140. The van der Waals surface area contributed by atoms with E-state index in [1.165, 1.54) is 7.11 Å². The smallest absolute Gasteiger partial charge is 0.305 e. The van der Waals surface area contributed by atoms with Gasteiger partial charge in [-0.05, 0) is 18.6 Å². The second-order valence-corrected chi connectivity index (χ2v) is 4.66. The summed E-state index contributed by atoms with van der Waals surface area (Å²) in [5.41, 5.74) is -0.287. The summed E-state index contributed by atoms with van der Waals surface area (Å²) in [7, 11) is 1.29. The summed E-state index contributed by atoms with van der Waals surface area (Å²) in [6.45, 7) is 0.326. The molecule has 23 heavy (non-hydrogen) atoms. The molecular formula is C15H18F2N2O4. The average molecular weight is 328 g/mol. The van der Waals surface area contributed by atoms with Crippen molar-refractivity contribution >= 4 is 17.8 Å². The zero-order valence-electron chi connectivity index (χ0n) is 12.7. The Morgan fingerprint density at radius 1 is 1.09 bits per heavy atom. The molecule has 1 aromatic rings. The van der Waals surface area contributed by atoms with Crippen molar-refractivity contribution in [1.82, 2.24) is 10.6 Å². The Morgan fingerprint density at radius 2 is 1.83 bits per heavy atom. The molecule has 0 spiro atoms. The van der Waals surface area contributed by atoms with Crippen molar-refractivity contribution in [1.29, 1.82) is 0 Å². The predicted octanol–water partition coefficient (Wildman–Crippen LogP) is 1.15. The van der Waals surface area contributed by atoms with Crippen LogP contribution in [0.1, 0.15) is 29.6 Å². The second kappa shape index (κ2) is 9.50. The third-order valence-corrected chi connectivity index (χ3v) is 2.92. The Hall–Kier alpha value is -2.51. The van der Waals surface area contributed by atoms with Gasteiger partial charge in [0, 0.05) is 32.0 Å². The summed E-state index contributed by atoms with van der Waals surface area (Å²) < 4.78 is 30.6. The standard InChI is InChI=1S/C15H18F2N2O4/c1-23-14(21)3-2-7-18-13(20)6-8-19-15(22)11-5-4-10(16)9-12(11)17/h4-5,9H,2-3,6-8H2,1H3,(H,18,20)(H,19,22). The second-order valence-electron chi connectivity index (χ2n) is 4.66. The molecule has 0 atom stereocenters. The summed E-state index contributed by atoms with van der Waals surface area (Å²) in [5, 5.41) is 4.94. The number of benzene rings is 1. The van der Waals surface area contributed by atoms with Crippen molar-refractivity contribution in [2.24, 2.45) is 0 Å². The van der Waals surface area contributed by atoms with E-state index in [0.29, 0.717) is 19.0 Å². The predicted molar refractivity (Wildman–Crippen MR) is 77.6 cm³/mol. The van der Waals surface area contributed by atoms with Gasteiger partial charge in [0.15, 0.2) is 0 Å². The first-order chi connectivity index (χ1) is 10.9. The molecule has 6 nitrogen and oxygen atoms in total. The fourth-order valence-electron chi connectivity index (χ4n) is 1.71. The average Bonchev–Trinajstić information content (AvgIpc) is 2.51. The zero-order chi connectivity index (χ0) is 17.2. The van der Waals surface area contributed by atoms with Crippen molar-refractivity contribution < 1.29 is 27.9 Å². The first kappa shape index (κ1) is 18.5. The molecule has 0 aromatic heterocycles. The Bertz CT molecular complexity index is 579. The van der Waals surface area contributed by atoms with Gasteiger partial charge >= 0.3 is 5.97 Å². The van der Waals surface area contributed by atoms with Crippen LogP contribution in [0.2, 0.25) is 0 Å². The lowest BCUT2D eigenvalue weighted by atomic mass is 10.2. The highest BCUT2D eigenvalue weighted by Gasteiger charge is 2.12. The van der Waals surface area contributed by atoms with Crippen LogP contribution < -0.4 is 10.6 Å². The topological polar surface area (TPSA) is 84.5 Å². The maximum Gasteiger partial charge on any atom is 0.305 e. The highest BCUT2D eigenvalue weighted by atomic mass is 19.1. The van der Waals surface area contributed by atoms with Crippen LogP contribution in [0.15, 0.2) is 18.2 Å². The minimum atomic E-state index is -0.963. The maximum atomic E-state index is 13.4. The quantitative estimate of drug-likeness (QED) is 0.554. The van der Waals surface area contributed by atoms with Crippen LogP contribution in [-0.4, -0.2) is 38.0 Å². The van der Waals surface area contributed by atoms with E-state index >= 15 is 0 Å². The number of hydrogen-bond donors (Lipinski definition) is 2. The van der Waals surface area contributed by atoms with Crippen LogP contribution in [0.4, 0.5) is 8.78 Å². The van der Waals surface area contributed by atoms with E-state index in [-0.39, 0.29) is 36.8 Å². The maximum absolute atomic E-state index is 13.4. The molecule has 1 rings (SSSR count). The molecule has 0 heterocycles. The van der Waals surface area contributed by atoms with Gasteiger partial charge in [0.05, 0.1) is 12.7 Å². The summed E-state index contributed by atoms with van der Waals surface area (Å²) in [4.78, 5) is 34.0. The van der Waals surface area contributed by atoms with Crippen LogP contribution in [0.5, 0.6) is 0 Å². The third-order valence-electron chi connectivity index (χ3n) is 2.92. The molecule has 0 aliphatic rings. The molecule has 0 bridgehead atoms. The molecule has 0 aliphatic carbocycles. The Balaban J connectivity index is 2.24. The first-order valence-corrected chi connectivity index (χ1v) is 7.00. The van der Waals surface area contributed by atoms with E-state index in [0.717, 1.165) is 12.1 Å². The molecule has 2 amide bonds. The number of ether oxygens (including phenoxy) is 1. The zero-order valence-corrected chi connectivity index (χ0v) is 12.7. The van der Waals surface area contributed by atoms with Gasteiger partial charge in [0.2, 0.25) is 5.91 Å². The van der Waals surface area contributed by atoms with Gasteiger partial charge in [-0.25, -0.2) is 8.78 Å². The molecule has 0 fully saturated rings. The highest BCUT2D eigenvalue weighted by Crippen LogP contribution is 2.09. The van der Waals surface area contributed by atoms with Crippen LogP contribution in [-0.2, 0) is 14.3 Å². The Labute approximate surface area is 132 Å². The van der Waals surface area contributed by atoms with Crippen molar-refractivity contribution in [3.8, 4) is 0 Å². The Morgan fingerprint density at radius 3 is 2.48 bits per heavy atom. The molecule has 0 unspecified atom stereocenters. The number of methoxy groups -OCH3 is 1. The normalized spacial score (nSPS) is 10.0. The number of amides is 2. The van der Waals surface area contributed by atoms with E-state index in [1.54, 1.807) is 0 Å². The van der Waals surface area contributed by atoms with Crippen molar-refractivity contribution in [2.75, 3.05) is 20.2 Å². The number of carbonyl (C=O) groups excluding carboxylic acids is 3. The first-order valence-electron chi connectivity index (χ1n) is 7.00. The molecular weight excluding hydrogens is 310 g/mol. The van der Waals surface area contributed by atoms with E-state index in [2.05, 4.69) is 15.4 Å². The molecule has 126 valence electrons. The lowest BCUT2D eigenvalue weighted by Crippen LogP contribution is -2.31. The Kier molecular flexibility index (Phi) is 7.65. The van der Waals surface area contributed by atoms with E-state index < -0.39 is 17.5 Å². The largest absolute Gasteiger partial charge is 0.469 e. The number of rotatable bonds is 8. The van der Waals surface area contributed by atoms with Gasteiger partial charge in [-0.15, -0.1) is 0 Å². The van der Waals surface area contributed by atoms with E-state index in [9.17, 15) is 23.2 Å². The number of halogens is 2. The molecule has 0 saturated heterocycles. The number of esters is 1. The van der Waals surface area contributed by atoms with Crippen LogP contribution in [0, 0.1) is 11.6 Å². The molecule has 2 N–H and O–H groups in total. The van der Waals surface area contributed by atoms with Gasteiger partial charge in [-0.3, -0.25) is 14.4 Å². The number of carbonyl (C=O) groups is 3. The molecule has 1 aromatic carbocycles. The van der Waals surface area contributed by atoms with Crippen molar-refractivity contribution in [3.63, 3.8) is 0 Å². The van der Waals surface area contributed by atoms with Gasteiger partial charge in [0.1, 0.15) is 11.6 Å². The summed E-state index contributed by atoms with van der Waals surface area (Å²) in [5.74, 6) is -3.12. The minimum absolute atomic E-state index is 0.00672. The van der Waals surface area contributed by atoms with Crippen LogP contribution in [0.25, 0.3) is 0 Å². The summed E-state index contributed by atoms with van der Waals surface area (Å²) in [6.07, 6.45) is 0.662.